The van der Waals surface area contributed by atoms with Gasteiger partial charge in [-0.25, -0.2) is 0 Å². The third-order valence-electron chi connectivity index (χ3n) is 4.25. The van der Waals surface area contributed by atoms with Gasteiger partial charge in [0.2, 0.25) is 5.91 Å². The number of amides is 1. The van der Waals surface area contributed by atoms with E-state index in [9.17, 15) is 4.79 Å². The molecule has 0 aromatic heterocycles. The monoisotopic (exact) mass is 255 g/mol. The van der Waals surface area contributed by atoms with Crippen LogP contribution in [0.5, 0.6) is 0 Å². The van der Waals surface area contributed by atoms with Crippen molar-refractivity contribution in [2.24, 2.45) is 28.1 Å². The Hall–Kier alpha value is -1.26. The second-order valence-corrected chi connectivity index (χ2v) is 6.05. The van der Waals surface area contributed by atoms with Crippen LogP contribution >= 0.6 is 0 Å². The van der Waals surface area contributed by atoms with E-state index in [-0.39, 0.29) is 17.8 Å². The van der Waals surface area contributed by atoms with Gasteiger partial charge in [0.25, 0.3) is 0 Å². The number of oxime groups is 1. The number of carbonyl (C=O) groups is 1. The zero-order chi connectivity index (χ0) is 13.9. The molecule has 3 atom stereocenters. The standard InChI is InChI=1S/C13H25N3O2/c1-8-5-6-10(7-9(8)2)15-12(17)13(3,4)11(14)16-18/h8-10,18H,5-7H2,1-4H3,(H2,14,16)(H,15,17). The minimum absolute atomic E-state index is 0.0581. The molecule has 1 aliphatic rings. The van der Waals surface area contributed by atoms with E-state index in [0.717, 1.165) is 25.2 Å². The molecule has 0 spiro atoms. The summed E-state index contributed by atoms with van der Waals surface area (Å²) >= 11 is 0. The summed E-state index contributed by atoms with van der Waals surface area (Å²) in [5.74, 6) is 1.10. The summed E-state index contributed by atoms with van der Waals surface area (Å²) in [5.41, 5.74) is 4.57. The molecule has 5 heteroatoms. The summed E-state index contributed by atoms with van der Waals surface area (Å²) < 4.78 is 0. The molecule has 1 saturated carbocycles. The molecule has 0 aromatic rings. The fourth-order valence-corrected chi connectivity index (χ4v) is 2.29. The molecule has 0 saturated heterocycles. The Bertz CT molecular complexity index is 339. The molecule has 3 unspecified atom stereocenters. The van der Waals surface area contributed by atoms with Crippen LogP contribution in [0.25, 0.3) is 0 Å². The van der Waals surface area contributed by atoms with Gasteiger partial charge in [0.1, 0.15) is 5.41 Å². The van der Waals surface area contributed by atoms with Crippen molar-refractivity contribution in [3.05, 3.63) is 0 Å². The molecule has 1 amide bonds. The van der Waals surface area contributed by atoms with Crippen LogP contribution in [0.4, 0.5) is 0 Å². The number of amidine groups is 1. The molecule has 1 rings (SSSR count). The molecule has 4 N–H and O–H groups in total. The summed E-state index contributed by atoms with van der Waals surface area (Å²) in [6.45, 7) is 7.79. The fourth-order valence-electron chi connectivity index (χ4n) is 2.29. The smallest absolute Gasteiger partial charge is 0.233 e. The lowest BCUT2D eigenvalue weighted by Crippen LogP contribution is -2.50. The minimum atomic E-state index is -0.971. The van der Waals surface area contributed by atoms with Crippen molar-refractivity contribution < 1.29 is 10.0 Å². The Morgan fingerprint density at radius 1 is 1.33 bits per heavy atom. The van der Waals surface area contributed by atoms with Gasteiger partial charge in [-0.3, -0.25) is 4.79 Å². The molecule has 1 fully saturated rings. The van der Waals surface area contributed by atoms with Gasteiger partial charge in [-0.2, -0.15) is 0 Å². The van der Waals surface area contributed by atoms with Crippen LogP contribution in [0, 0.1) is 17.3 Å². The number of nitrogens with zero attached hydrogens (tertiary/aromatic N) is 1. The average molecular weight is 255 g/mol. The van der Waals surface area contributed by atoms with Crippen LogP contribution in [0.1, 0.15) is 47.0 Å². The number of carbonyl (C=O) groups excluding carboxylic acids is 1. The topological polar surface area (TPSA) is 87.7 Å². The molecular weight excluding hydrogens is 230 g/mol. The minimum Gasteiger partial charge on any atom is -0.409 e. The molecule has 1 aliphatic carbocycles. The highest BCUT2D eigenvalue weighted by Gasteiger charge is 2.35. The van der Waals surface area contributed by atoms with E-state index in [1.54, 1.807) is 13.8 Å². The largest absolute Gasteiger partial charge is 0.409 e. The third kappa shape index (κ3) is 3.15. The highest BCUT2D eigenvalue weighted by Crippen LogP contribution is 2.30. The van der Waals surface area contributed by atoms with E-state index in [0.29, 0.717) is 5.92 Å². The molecular formula is C13H25N3O2. The molecule has 0 bridgehead atoms. The summed E-state index contributed by atoms with van der Waals surface area (Å²) in [6, 6.07) is 0.203. The van der Waals surface area contributed by atoms with Crippen molar-refractivity contribution in [2.45, 2.75) is 53.0 Å². The van der Waals surface area contributed by atoms with Crippen LogP contribution in [-0.2, 0) is 4.79 Å². The zero-order valence-corrected chi connectivity index (χ0v) is 11.7. The van der Waals surface area contributed by atoms with Crippen LogP contribution in [0.3, 0.4) is 0 Å². The van der Waals surface area contributed by atoms with Gasteiger partial charge in [-0.1, -0.05) is 19.0 Å². The molecule has 18 heavy (non-hydrogen) atoms. The van der Waals surface area contributed by atoms with Gasteiger partial charge in [0.05, 0.1) is 0 Å². The second-order valence-electron chi connectivity index (χ2n) is 6.05. The van der Waals surface area contributed by atoms with Crippen molar-refractivity contribution in [1.29, 1.82) is 0 Å². The first-order valence-electron chi connectivity index (χ1n) is 6.58. The first kappa shape index (κ1) is 14.8. The molecule has 0 aromatic carbocycles. The van der Waals surface area contributed by atoms with Crippen molar-refractivity contribution in [3.8, 4) is 0 Å². The Kier molecular flexibility index (Phi) is 4.59. The maximum absolute atomic E-state index is 12.1. The normalized spacial score (nSPS) is 30.0. The lowest BCUT2D eigenvalue weighted by atomic mass is 9.78. The number of nitrogens with two attached hydrogens (primary N) is 1. The van der Waals surface area contributed by atoms with E-state index in [4.69, 9.17) is 10.9 Å². The van der Waals surface area contributed by atoms with Crippen LogP contribution in [0.2, 0.25) is 0 Å². The van der Waals surface area contributed by atoms with Gasteiger partial charge in [0.15, 0.2) is 5.84 Å². The predicted octanol–water partition coefficient (Wildman–Crippen LogP) is 1.70. The van der Waals surface area contributed by atoms with Crippen molar-refractivity contribution >= 4 is 11.7 Å². The van der Waals surface area contributed by atoms with E-state index in [2.05, 4.69) is 24.3 Å². The number of hydrogen-bond donors (Lipinski definition) is 3. The van der Waals surface area contributed by atoms with Crippen molar-refractivity contribution in [1.82, 2.24) is 5.32 Å². The molecule has 5 nitrogen and oxygen atoms in total. The second kappa shape index (κ2) is 5.59. The Labute approximate surface area is 109 Å². The first-order valence-corrected chi connectivity index (χ1v) is 6.58. The fraction of sp³-hybridized carbons (Fsp3) is 0.846. The van der Waals surface area contributed by atoms with Crippen molar-refractivity contribution in [2.75, 3.05) is 0 Å². The van der Waals surface area contributed by atoms with Crippen LogP contribution in [0.15, 0.2) is 5.16 Å². The van der Waals surface area contributed by atoms with Crippen LogP contribution < -0.4 is 11.1 Å². The molecule has 104 valence electrons. The highest BCUT2D eigenvalue weighted by molar-refractivity contribution is 6.05. The van der Waals surface area contributed by atoms with E-state index in [1.165, 1.54) is 0 Å². The summed E-state index contributed by atoms with van der Waals surface area (Å²) in [6.07, 6.45) is 3.14. The zero-order valence-electron chi connectivity index (χ0n) is 11.7. The lowest BCUT2D eigenvalue weighted by molar-refractivity contribution is -0.127. The third-order valence-corrected chi connectivity index (χ3v) is 4.25. The summed E-state index contributed by atoms with van der Waals surface area (Å²) in [7, 11) is 0. The van der Waals surface area contributed by atoms with Crippen LogP contribution in [-0.4, -0.2) is 23.0 Å². The number of rotatable bonds is 3. The maximum atomic E-state index is 12.1. The Balaban J connectivity index is 2.60. The van der Waals surface area contributed by atoms with Gasteiger partial charge in [-0.05, 0) is 44.9 Å². The number of hydrogen-bond acceptors (Lipinski definition) is 3. The Morgan fingerprint density at radius 3 is 2.44 bits per heavy atom. The predicted molar refractivity (Wildman–Crippen MR) is 71.3 cm³/mol. The van der Waals surface area contributed by atoms with Gasteiger partial charge in [0, 0.05) is 6.04 Å². The van der Waals surface area contributed by atoms with Gasteiger partial charge in [-0.15, -0.1) is 0 Å². The lowest BCUT2D eigenvalue weighted by Gasteiger charge is -2.34. The SMILES string of the molecule is CC1CCC(NC(=O)C(C)(C)C(N)=NO)CC1C. The van der Waals surface area contributed by atoms with E-state index < -0.39 is 5.41 Å². The highest BCUT2D eigenvalue weighted by atomic mass is 16.4. The molecule has 0 heterocycles. The maximum Gasteiger partial charge on any atom is 0.233 e. The molecule has 0 radical (unpaired) electrons. The quantitative estimate of drug-likeness (QED) is 0.310. The summed E-state index contributed by atoms with van der Waals surface area (Å²) in [5, 5.41) is 14.6. The van der Waals surface area contributed by atoms with E-state index in [1.807, 2.05) is 0 Å². The molecule has 0 aliphatic heterocycles. The average Bonchev–Trinajstić information content (AvgIpc) is 2.32. The van der Waals surface area contributed by atoms with E-state index >= 15 is 0 Å². The van der Waals surface area contributed by atoms with Gasteiger partial charge < -0.3 is 16.3 Å². The number of nitrogens with one attached hydrogen (secondary N) is 1. The van der Waals surface area contributed by atoms with Gasteiger partial charge >= 0.3 is 0 Å². The Morgan fingerprint density at radius 2 is 1.94 bits per heavy atom. The van der Waals surface area contributed by atoms with Crippen molar-refractivity contribution in [3.63, 3.8) is 0 Å². The summed E-state index contributed by atoms with van der Waals surface area (Å²) in [4.78, 5) is 12.1. The first-order chi connectivity index (χ1) is 8.28.